The van der Waals surface area contributed by atoms with E-state index in [0.717, 1.165) is 38.1 Å². The number of aromatic nitrogens is 1. The number of hydrogen-bond donors (Lipinski definition) is 1. The molecule has 0 amide bonds. The molecule has 0 aliphatic rings. The number of hydrogen-bond acceptors (Lipinski definition) is 3. The van der Waals surface area contributed by atoms with Gasteiger partial charge in [0.1, 0.15) is 0 Å². The molecule has 3 heteroatoms. The maximum atomic E-state index is 6.12. The van der Waals surface area contributed by atoms with Crippen molar-refractivity contribution in [3.8, 4) is 0 Å². The van der Waals surface area contributed by atoms with Gasteiger partial charge in [0.2, 0.25) is 0 Å². The summed E-state index contributed by atoms with van der Waals surface area (Å²) in [7, 11) is 0. The van der Waals surface area contributed by atoms with Gasteiger partial charge in [-0.2, -0.15) is 0 Å². The van der Waals surface area contributed by atoms with Crippen molar-refractivity contribution in [2.75, 3.05) is 13.2 Å². The molecule has 1 atom stereocenters. The lowest BCUT2D eigenvalue weighted by Gasteiger charge is -2.40. The second kappa shape index (κ2) is 8.28. The molecule has 0 fully saturated rings. The van der Waals surface area contributed by atoms with Gasteiger partial charge in [0, 0.05) is 31.0 Å². The molecule has 0 saturated carbocycles. The van der Waals surface area contributed by atoms with Crippen LogP contribution < -0.4 is 5.32 Å². The first-order valence-electron chi connectivity index (χ1n) is 7.49. The summed E-state index contributed by atoms with van der Waals surface area (Å²) in [4.78, 5) is 4.45. The minimum Gasteiger partial charge on any atom is -0.374 e. The Bertz CT molecular complexity index is 336. The van der Waals surface area contributed by atoms with Crippen LogP contribution in [0.25, 0.3) is 0 Å². The maximum absolute atomic E-state index is 6.12. The first-order valence-corrected chi connectivity index (χ1v) is 7.49. The van der Waals surface area contributed by atoms with E-state index in [4.69, 9.17) is 4.74 Å². The van der Waals surface area contributed by atoms with E-state index in [1.165, 1.54) is 0 Å². The second-order valence-electron chi connectivity index (χ2n) is 4.84. The summed E-state index contributed by atoms with van der Waals surface area (Å²) in [6, 6.07) is 6.40. The Morgan fingerprint density at radius 1 is 1.21 bits per heavy atom. The van der Waals surface area contributed by atoms with Crippen LogP contribution in [0.4, 0.5) is 0 Å². The summed E-state index contributed by atoms with van der Waals surface area (Å²) in [5, 5.41) is 3.59. The molecule has 1 rings (SSSR count). The molecule has 3 nitrogen and oxygen atoms in total. The SMILES string of the molecule is CCNC(Cc1ccccn1)C(CC)(CC)OCC. The lowest BCUT2D eigenvalue weighted by atomic mass is 9.85. The maximum Gasteiger partial charge on any atom is 0.0833 e. The van der Waals surface area contributed by atoms with Gasteiger partial charge in [-0.05, 0) is 38.4 Å². The van der Waals surface area contributed by atoms with Gasteiger partial charge in [0.15, 0.2) is 0 Å². The van der Waals surface area contributed by atoms with Crippen LogP contribution in [0.5, 0.6) is 0 Å². The molecule has 0 radical (unpaired) electrons. The number of nitrogens with zero attached hydrogens (tertiary/aromatic N) is 1. The summed E-state index contributed by atoms with van der Waals surface area (Å²) < 4.78 is 6.12. The predicted octanol–water partition coefficient (Wildman–Crippen LogP) is 3.20. The Labute approximate surface area is 117 Å². The molecule has 0 bridgehead atoms. The number of likely N-dealkylation sites (N-methyl/N-ethyl adjacent to an activating group) is 1. The van der Waals surface area contributed by atoms with Crippen LogP contribution in [0.1, 0.15) is 46.2 Å². The van der Waals surface area contributed by atoms with Gasteiger partial charge in [-0.15, -0.1) is 0 Å². The van der Waals surface area contributed by atoms with Gasteiger partial charge >= 0.3 is 0 Å². The van der Waals surface area contributed by atoms with Gasteiger partial charge < -0.3 is 10.1 Å². The lowest BCUT2D eigenvalue weighted by molar-refractivity contribution is -0.0717. The molecule has 1 aromatic heterocycles. The molecule has 0 aliphatic heterocycles. The van der Waals surface area contributed by atoms with E-state index in [0.29, 0.717) is 6.04 Å². The van der Waals surface area contributed by atoms with Crippen LogP contribution in [0.2, 0.25) is 0 Å². The molecule has 1 heterocycles. The highest BCUT2D eigenvalue weighted by Crippen LogP contribution is 2.27. The average molecular weight is 264 g/mol. The van der Waals surface area contributed by atoms with E-state index in [2.05, 4.69) is 44.1 Å². The van der Waals surface area contributed by atoms with E-state index in [1.807, 2.05) is 18.3 Å². The van der Waals surface area contributed by atoms with Gasteiger partial charge in [0.25, 0.3) is 0 Å². The molecule has 1 aromatic rings. The largest absolute Gasteiger partial charge is 0.374 e. The van der Waals surface area contributed by atoms with Crippen LogP contribution >= 0.6 is 0 Å². The summed E-state index contributed by atoms with van der Waals surface area (Å²) in [6.45, 7) is 10.3. The van der Waals surface area contributed by atoms with Gasteiger partial charge in [-0.25, -0.2) is 0 Å². The van der Waals surface area contributed by atoms with E-state index >= 15 is 0 Å². The molecule has 0 aromatic carbocycles. The summed E-state index contributed by atoms with van der Waals surface area (Å²) in [5.41, 5.74) is 1.03. The Morgan fingerprint density at radius 3 is 2.42 bits per heavy atom. The highest BCUT2D eigenvalue weighted by atomic mass is 16.5. The second-order valence-corrected chi connectivity index (χ2v) is 4.84. The summed E-state index contributed by atoms with van der Waals surface area (Å²) in [6.07, 6.45) is 4.80. The zero-order valence-electron chi connectivity index (χ0n) is 12.8. The fourth-order valence-corrected chi connectivity index (χ4v) is 2.75. The predicted molar refractivity (Wildman–Crippen MR) is 80.3 cm³/mol. The van der Waals surface area contributed by atoms with E-state index in [1.54, 1.807) is 0 Å². The molecule has 108 valence electrons. The average Bonchev–Trinajstić information content (AvgIpc) is 2.46. The third-order valence-corrected chi connectivity index (χ3v) is 3.85. The quantitative estimate of drug-likeness (QED) is 0.743. The molecular formula is C16H28N2O. The minimum absolute atomic E-state index is 0.0950. The van der Waals surface area contributed by atoms with Crippen molar-refractivity contribution in [2.45, 2.75) is 58.6 Å². The van der Waals surface area contributed by atoms with E-state index < -0.39 is 0 Å². The fourth-order valence-electron chi connectivity index (χ4n) is 2.75. The summed E-state index contributed by atoms with van der Waals surface area (Å²) >= 11 is 0. The fraction of sp³-hybridized carbons (Fsp3) is 0.688. The first-order chi connectivity index (χ1) is 9.22. The molecule has 0 spiro atoms. The highest BCUT2D eigenvalue weighted by Gasteiger charge is 2.36. The van der Waals surface area contributed by atoms with Crippen molar-refractivity contribution in [3.63, 3.8) is 0 Å². The van der Waals surface area contributed by atoms with Gasteiger partial charge in [-0.3, -0.25) is 4.98 Å². The van der Waals surface area contributed by atoms with Gasteiger partial charge in [0.05, 0.1) is 5.60 Å². The minimum atomic E-state index is -0.0950. The zero-order chi connectivity index (χ0) is 14.1. The van der Waals surface area contributed by atoms with Crippen molar-refractivity contribution in [2.24, 2.45) is 0 Å². The van der Waals surface area contributed by atoms with Crippen molar-refractivity contribution in [1.29, 1.82) is 0 Å². The van der Waals surface area contributed by atoms with Crippen LogP contribution in [0.3, 0.4) is 0 Å². The van der Waals surface area contributed by atoms with E-state index in [-0.39, 0.29) is 5.60 Å². The standard InChI is InChI=1S/C16H28N2O/c1-5-16(6-2,19-8-4)15(17-7-3)13-14-11-9-10-12-18-14/h9-12,15,17H,5-8,13H2,1-4H3. The van der Waals surface area contributed by atoms with Crippen molar-refractivity contribution < 1.29 is 4.74 Å². The Hall–Kier alpha value is -0.930. The Balaban J connectivity index is 2.90. The molecular weight excluding hydrogens is 236 g/mol. The molecule has 19 heavy (non-hydrogen) atoms. The van der Waals surface area contributed by atoms with E-state index in [9.17, 15) is 0 Å². The highest BCUT2D eigenvalue weighted by molar-refractivity contribution is 5.08. The zero-order valence-corrected chi connectivity index (χ0v) is 12.8. The van der Waals surface area contributed by atoms with Crippen LogP contribution in [0, 0.1) is 0 Å². The number of rotatable bonds is 9. The molecule has 0 saturated heterocycles. The molecule has 0 aliphatic carbocycles. The Morgan fingerprint density at radius 2 is 1.95 bits per heavy atom. The molecule has 1 N–H and O–H groups in total. The third-order valence-electron chi connectivity index (χ3n) is 3.85. The first kappa shape index (κ1) is 16.1. The lowest BCUT2D eigenvalue weighted by Crippen LogP contribution is -2.53. The number of nitrogens with one attached hydrogen (secondary N) is 1. The normalized spacial score (nSPS) is 13.5. The third kappa shape index (κ3) is 4.29. The number of ether oxygens (including phenoxy) is 1. The summed E-state index contributed by atoms with van der Waals surface area (Å²) in [5.74, 6) is 0. The van der Waals surface area contributed by atoms with Crippen molar-refractivity contribution >= 4 is 0 Å². The van der Waals surface area contributed by atoms with Crippen LogP contribution in [0.15, 0.2) is 24.4 Å². The van der Waals surface area contributed by atoms with Gasteiger partial charge in [-0.1, -0.05) is 26.8 Å². The smallest absolute Gasteiger partial charge is 0.0833 e. The Kier molecular flexibility index (Phi) is 7.03. The number of pyridine rings is 1. The molecule has 1 unspecified atom stereocenters. The van der Waals surface area contributed by atoms with Crippen LogP contribution in [-0.4, -0.2) is 29.8 Å². The van der Waals surface area contributed by atoms with Crippen molar-refractivity contribution in [3.05, 3.63) is 30.1 Å². The topological polar surface area (TPSA) is 34.2 Å². The van der Waals surface area contributed by atoms with Crippen molar-refractivity contribution in [1.82, 2.24) is 10.3 Å². The monoisotopic (exact) mass is 264 g/mol. The van der Waals surface area contributed by atoms with Crippen LogP contribution in [-0.2, 0) is 11.2 Å².